The molecule has 204 valence electrons. The zero-order valence-electron chi connectivity index (χ0n) is 21.6. The van der Waals surface area contributed by atoms with Crippen molar-refractivity contribution in [3.8, 4) is 11.5 Å². The predicted molar refractivity (Wildman–Crippen MR) is 142 cm³/mol. The molecule has 1 saturated heterocycles. The molecule has 1 N–H and O–H groups in total. The van der Waals surface area contributed by atoms with E-state index in [0.717, 1.165) is 60.8 Å². The maximum atomic E-state index is 13.7. The number of hydrogen-bond acceptors (Lipinski definition) is 6. The van der Waals surface area contributed by atoms with Crippen LogP contribution in [-0.4, -0.2) is 47.9 Å². The van der Waals surface area contributed by atoms with Gasteiger partial charge in [0.1, 0.15) is 11.6 Å². The molecule has 0 radical (unpaired) electrons. The second kappa shape index (κ2) is 11.8. The minimum absolute atomic E-state index is 0.0718. The fraction of sp³-hybridized carbons (Fsp3) is 0.345. The summed E-state index contributed by atoms with van der Waals surface area (Å²) in [5, 5.41) is 3.99. The van der Waals surface area contributed by atoms with Crippen LogP contribution in [0.15, 0.2) is 64.5 Å². The number of nitrogens with zero attached hydrogens (tertiary/aromatic N) is 3. The normalized spacial score (nSPS) is 18.5. The highest BCUT2D eigenvalue weighted by atomic mass is 19.1. The van der Waals surface area contributed by atoms with E-state index in [1.807, 2.05) is 35.8 Å². The molecule has 3 aromatic rings. The van der Waals surface area contributed by atoms with Gasteiger partial charge in [-0.05, 0) is 61.2 Å². The molecule has 2 aliphatic rings. The number of benzene rings is 2. The van der Waals surface area contributed by atoms with Crippen molar-refractivity contribution < 1.29 is 23.0 Å². The fourth-order valence-electron chi connectivity index (χ4n) is 5.41. The molecule has 10 heteroatoms. The molecule has 2 bridgehead atoms. The summed E-state index contributed by atoms with van der Waals surface area (Å²) in [6.07, 6.45) is 2.60. The number of aromatic nitrogens is 1. The molecule has 8 nitrogen and oxygen atoms in total. The average molecular weight is 537 g/mol. The lowest BCUT2D eigenvalue weighted by Crippen LogP contribution is -2.46. The second-order valence-corrected chi connectivity index (χ2v) is 9.85. The lowest BCUT2D eigenvalue weighted by molar-refractivity contribution is -0.123. The first-order chi connectivity index (χ1) is 18.9. The highest BCUT2D eigenvalue weighted by Crippen LogP contribution is 2.36. The van der Waals surface area contributed by atoms with Crippen LogP contribution < -0.4 is 20.5 Å². The van der Waals surface area contributed by atoms with E-state index in [1.54, 1.807) is 6.07 Å². The zero-order valence-corrected chi connectivity index (χ0v) is 21.6. The molecule has 5 rings (SSSR count). The molecule has 1 amide bonds. The highest BCUT2D eigenvalue weighted by molar-refractivity contribution is 5.83. The fourth-order valence-corrected chi connectivity index (χ4v) is 5.41. The molecule has 0 spiro atoms. The van der Waals surface area contributed by atoms with E-state index in [2.05, 4.69) is 21.5 Å². The van der Waals surface area contributed by atoms with Gasteiger partial charge in [0, 0.05) is 55.5 Å². The standard InChI is InChI=1S/C29H30F2N4O4/c1-2-38-26-8-6-19(13-32-33-28(36)18-39-27-9-7-23(30)12-24(27)31)10-22(26)17-34-14-20-11-21(16-34)25-4-3-5-29(37)35(25)15-20/h3-10,12-13,20-21H,2,11,14-18H2,1H3,(H,33,36)/b32-13-/t20-,21-/m0/s1. The Morgan fingerprint density at radius 2 is 1.92 bits per heavy atom. The SMILES string of the molecule is CCOc1ccc(/C=N\NC(=O)COc2ccc(F)cc2F)cc1CN1C[C@@H]2C[C@@H](C1)c1cccc(=O)n1C2. The molecule has 3 heterocycles. The summed E-state index contributed by atoms with van der Waals surface area (Å²) in [5.74, 6) is -0.896. The smallest absolute Gasteiger partial charge is 0.277 e. The first-order valence-corrected chi connectivity index (χ1v) is 13.0. The van der Waals surface area contributed by atoms with Gasteiger partial charge in [-0.3, -0.25) is 14.5 Å². The van der Waals surface area contributed by atoms with Crippen molar-refractivity contribution in [2.24, 2.45) is 11.0 Å². The van der Waals surface area contributed by atoms with E-state index < -0.39 is 24.1 Å². The van der Waals surface area contributed by atoms with Gasteiger partial charge in [0.2, 0.25) is 0 Å². The van der Waals surface area contributed by atoms with Crippen LogP contribution in [0.3, 0.4) is 0 Å². The Hall–Kier alpha value is -4.05. The lowest BCUT2D eigenvalue weighted by atomic mass is 9.83. The predicted octanol–water partition coefficient (Wildman–Crippen LogP) is 3.67. The van der Waals surface area contributed by atoms with Gasteiger partial charge in [-0.1, -0.05) is 6.07 Å². The molecule has 39 heavy (non-hydrogen) atoms. The first-order valence-electron chi connectivity index (χ1n) is 13.0. The summed E-state index contributed by atoms with van der Waals surface area (Å²) in [5.41, 5.74) is 5.31. The van der Waals surface area contributed by atoms with Crippen LogP contribution in [0.2, 0.25) is 0 Å². The Labute approximate surface area is 224 Å². The van der Waals surface area contributed by atoms with E-state index in [4.69, 9.17) is 9.47 Å². The summed E-state index contributed by atoms with van der Waals surface area (Å²) < 4.78 is 39.6. The van der Waals surface area contributed by atoms with Crippen molar-refractivity contribution in [2.75, 3.05) is 26.3 Å². The summed E-state index contributed by atoms with van der Waals surface area (Å²) >= 11 is 0. The minimum Gasteiger partial charge on any atom is -0.494 e. The van der Waals surface area contributed by atoms with Gasteiger partial charge >= 0.3 is 0 Å². The molecular formula is C29H30F2N4O4. The van der Waals surface area contributed by atoms with Crippen molar-refractivity contribution in [2.45, 2.75) is 32.4 Å². The van der Waals surface area contributed by atoms with Crippen LogP contribution in [0.4, 0.5) is 8.78 Å². The van der Waals surface area contributed by atoms with Crippen LogP contribution in [0, 0.1) is 17.6 Å². The van der Waals surface area contributed by atoms with E-state index in [-0.39, 0.29) is 11.3 Å². The Morgan fingerprint density at radius 3 is 2.74 bits per heavy atom. The minimum atomic E-state index is -0.885. The van der Waals surface area contributed by atoms with Crippen LogP contribution in [-0.2, 0) is 17.9 Å². The third kappa shape index (κ3) is 6.34. The largest absolute Gasteiger partial charge is 0.494 e. The van der Waals surface area contributed by atoms with Crippen LogP contribution in [0.5, 0.6) is 11.5 Å². The lowest BCUT2D eigenvalue weighted by Gasteiger charge is -2.43. The molecule has 1 fully saturated rings. The number of nitrogens with one attached hydrogen (secondary N) is 1. The maximum absolute atomic E-state index is 13.7. The van der Waals surface area contributed by atoms with Crippen molar-refractivity contribution in [3.63, 3.8) is 0 Å². The zero-order chi connectivity index (χ0) is 27.4. The van der Waals surface area contributed by atoms with E-state index in [9.17, 15) is 18.4 Å². The van der Waals surface area contributed by atoms with Crippen molar-refractivity contribution in [1.29, 1.82) is 0 Å². The summed E-state index contributed by atoms with van der Waals surface area (Å²) in [6.45, 7) is 5.18. The quantitative estimate of drug-likeness (QED) is 0.333. The van der Waals surface area contributed by atoms with Crippen LogP contribution >= 0.6 is 0 Å². The van der Waals surface area contributed by atoms with Gasteiger partial charge in [-0.2, -0.15) is 5.10 Å². The maximum Gasteiger partial charge on any atom is 0.277 e. The summed E-state index contributed by atoms with van der Waals surface area (Å²) in [6, 6.07) is 14.1. The number of ether oxygens (including phenoxy) is 2. The molecule has 2 atom stereocenters. The topological polar surface area (TPSA) is 85.2 Å². The Bertz CT molecular complexity index is 1440. The Morgan fingerprint density at radius 1 is 1.08 bits per heavy atom. The molecule has 0 unspecified atom stereocenters. The summed E-state index contributed by atoms with van der Waals surface area (Å²) in [4.78, 5) is 26.8. The van der Waals surface area contributed by atoms with Gasteiger partial charge in [-0.15, -0.1) is 0 Å². The number of amides is 1. The molecule has 0 aliphatic carbocycles. The monoisotopic (exact) mass is 536 g/mol. The summed E-state index contributed by atoms with van der Waals surface area (Å²) in [7, 11) is 0. The number of hydrogen-bond donors (Lipinski definition) is 1. The third-order valence-corrected chi connectivity index (χ3v) is 6.99. The van der Waals surface area contributed by atoms with Gasteiger partial charge < -0.3 is 14.0 Å². The van der Waals surface area contributed by atoms with Crippen molar-refractivity contribution in [3.05, 3.63) is 93.4 Å². The molecule has 1 aromatic heterocycles. The van der Waals surface area contributed by atoms with E-state index in [0.29, 0.717) is 31.1 Å². The van der Waals surface area contributed by atoms with Gasteiger partial charge in [0.25, 0.3) is 11.5 Å². The van der Waals surface area contributed by atoms with Crippen molar-refractivity contribution >= 4 is 12.1 Å². The highest BCUT2D eigenvalue weighted by Gasteiger charge is 2.34. The first kappa shape index (κ1) is 26.6. The van der Waals surface area contributed by atoms with E-state index >= 15 is 0 Å². The second-order valence-electron chi connectivity index (χ2n) is 9.85. The number of halogens is 2. The van der Waals surface area contributed by atoms with Gasteiger partial charge in [0.05, 0.1) is 12.8 Å². The molecular weight excluding hydrogens is 506 g/mol. The number of rotatable bonds is 9. The molecule has 0 saturated carbocycles. The number of likely N-dealkylation sites (tertiary alicyclic amines) is 1. The number of piperidine rings is 1. The number of hydrazone groups is 1. The number of carbonyl (C=O) groups is 1. The van der Waals surface area contributed by atoms with Crippen molar-refractivity contribution in [1.82, 2.24) is 14.9 Å². The Balaban J connectivity index is 1.22. The molecule has 2 aliphatic heterocycles. The number of pyridine rings is 1. The van der Waals surface area contributed by atoms with E-state index in [1.165, 1.54) is 6.21 Å². The Kier molecular flexibility index (Phi) is 8.02. The molecule has 2 aromatic carbocycles. The average Bonchev–Trinajstić information content (AvgIpc) is 2.90. The van der Waals surface area contributed by atoms with Crippen LogP contribution in [0.1, 0.15) is 36.1 Å². The number of fused-ring (bicyclic) bond motifs is 4. The third-order valence-electron chi connectivity index (χ3n) is 6.99. The van der Waals surface area contributed by atoms with Gasteiger partial charge in [0.15, 0.2) is 18.2 Å². The van der Waals surface area contributed by atoms with Gasteiger partial charge in [-0.25, -0.2) is 14.2 Å². The number of carbonyl (C=O) groups excluding carboxylic acids is 1. The van der Waals surface area contributed by atoms with Crippen LogP contribution in [0.25, 0.3) is 0 Å².